The van der Waals surface area contributed by atoms with Crippen molar-refractivity contribution in [2.24, 2.45) is 0 Å². The van der Waals surface area contributed by atoms with E-state index in [9.17, 15) is 0 Å². The Bertz CT molecular complexity index is 117. The van der Waals surface area contributed by atoms with Crippen molar-refractivity contribution in [3.05, 3.63) is 0 Å². The highest BCUT2D eigenvalue weighted by atomic mass is 35.5. The van der Waals surface area contributed by atoms with Crippen LogP contribution in [-0.2, 0) is 4.12 Å². The van der Waals surface area contributed by atoms with Gasteiger partial charge in [-0.05, 0) is 32.6 Å². The minimum Gasteiger partial charge on any atom is -0.455 e. The Balaban J connectivity index is 3.98. The highest BCUT2D eigenvalue weighted by Crippen LogP contribution is 2.19. The molecule has 1 radical (unpaired) electrons. The summed E-state index contributed by atoms with van der Waals surface area (Å²) < 4.78 is 5.90. The topological polar surface area (TPSA) is 9.23 Å². The number of rotatable bonds is 4. The first-order chi connectivity index (χ1) is 4.90. The molecular formula is C7H18ClOSi2. The molecule has 1 unspecified atom stereocenters. The van der Waals surface area contributed by atoms with E-state index in [2.05, 4.69) is 33.1 Å². The average molecular weight is 210 g/mol. The van der Waals surface area contributed by atoms with Crippen LogP contribution < -0.4 is 0 Å². The molecule has 1 atom stereocenters. The van der Waals surface area contributed by atoms with Crippen molar-refractivity contribution in [1.82, 2.24) is 0 Å². The fourth-order valence-electron chi connectivity index (χ4n) is 1.08. The second kappa shape index (κ2) is 4.65. The zero-order valence-corrected chi connectivity index (χ0v) is 10.8. The first-order valence-electron chi connectivity index (χ1n) is 4.03. The summed E-state index contributed by atoms with van der Waals surface area (Å²) in [5, 5.41) is 0.266. The van der Waals surface area contributed by atoms with Gasteiger partial charge in [0.25, 0.3) is 0 Å². The molecule has 0 fully saturated rings. The van der Waals surface area contributed by atoms with Gasteiger partial charge >= 0.3 is 0 Å². The van der Waals surface area contributed by atoms with E-state index in [1.165, 1.54) is 0 Å². The number of hydrogen-bond donors (Lipinski definition) is 0. The van der Waals surface area contributed by atoms with Crippen molar-refractivity contribution in [2.75, 3.05) is 0 Å². The van der Waals surface area contributed by atoms with Crippen molar-refractivity contribution in [1.29, 1.82) is 0 Å². The molecule has 0 rings (SSSR count). The maximum Gasteiger partial charge on any atom is 0.191 e. The Hall–Kier alpha value is 0.684. The SMILES string of the molecule is CCC(Cl)[Si](C)(C)O[Si](C)C. The van der Waals surface area contributed by atoms with Gasteiger partial charge in [0.1, 0.15) is 0 Å². The summed E-state index contributed by atoms with van der Waals surface area (Å²) in [6.07, 6.45) is 1.02. The molecule has 0 aromatic carbocycles. The molecule has 0 spiro atoms. The predicted octanol–water partition coefficient (Wildman–Crippen LogP) is 3.02. The average Bonchev–Trinajstić information content (AvgIpc) is 1.83. The van der Waals surface area contributed by atoms with Crippen molar-refractivity contribution in [3.63, 3.8) is 0 Å². The molecule has 0 aliphatic carbocycles. The third-order valence-corrected chi connectivity index (χ3v) is 9.12. The first-order valence-corrected chi connectivity index (χ1v) is 9.86. The van der Waals surface area contributed by atoms with E-state index in [1.54, 1.807) is 0 Å². The summed E-state index contributed by atoms with van der Waals surface area (Å²) in [4.78, 5) is 0. The van der Waals surface area contributed by atoms with Crippen molar-refractivity contribution in [3.8, 4) is 0 Å². The van der Waals surface area contributed by atoms with Gasteiger partial charge in [-0.15, -0.1) is 11.6 Å². The lowest BCUT2D eigenvalue weighted by atomic mass is 10.6. The lowest BCUT2D eigenvalue weighted by molar-refractivity contribution is 0.563. The van der Waals surface area contributed by atoms with Crippen LogP contribution in [0.3, 0.4) is 0 Å². The molecule has 0 saturated heterocycles. The van der Waals surface area contributed by atoms with Gasteiger partial charge in [-0.25, -0.2) is 0 Å². The van der Waals surface area contributed by atoms with E-state index in [4.69, 9.17) is 15.7 Å². The molecule has 0 aromatic heterocycles. The standard InChI is InChI=1S/C7H18ClOSi2/c1-6-7(8)11(4,5)9-10(2)3/h7H,6H2,1-5H3. The predicted molar refractivity (Wildman–Crippen MR) is 56.0 cm³/mol. The van der Waals surface area contributed by atoms with Crippen LogP contribution in [0.1, 0.15) is 13.3 Å². The number of halogens is 1. The molecule has 0 amide bonds. The van der Waals surface area contributed by atoms with Crippen LogP contribution >= 0.6 is 11.6 Å². The summed E-state index contributed by atoms with van der Waals surface area (Å²) in [5.74, 6) is 0. The van der Waals surface area contributed by atoms with Gasteiger partial charge < -0.3 is 4.12 Å². The molecule has 1 nitrogen and oxygen atoms in total. The molecule has 0 bridgehead atoms. The first kappa shape index (κ1) is 11.7. The monoisotopic (exact) mass is 209 g/mol. The molecular weight excluding hydrogens is 192 g/mol. The largest absolute Gasteiger partial charge is 0.455 e. The minimum atomic E-state index is -1.56. The van der Waals surface area contributed by atoms with E-state index in [0.717, 1.165) is 6.42 Å². The summed E-state index contributed by atoms with van der Waals surface area (Å²) in [5.41, 5.74) is 0. The highest BCUT2D eigenvalue weighted by Gasteiger charge is 2.31. The maximum atomic E-state index is 6.15. The molecule has 0 saturated carbocycles. The summed E-state index contributed by atoms with van der Waals surface area (Å²) in [6.45, 7) is 10.8. The van der Waals surface area contributed by atoms with E-state index < -0.39 is 17.4 Å². The van der Waals surface area contributed by atoms with Crippen LogP contribution in [0.2, 0.25) is 26.2 Å². The lowest BCUT2D eigenvalue weighted by Crippen LogP contribution is -2.44. The molecule has 67 valence electrons. The fraction of sp³-hybridized carbons (Fsp3) is 1.00. The maximum absolute atomic E-state index is 6.15. The highest BCUT2D eigenvalue weighted by molar-refractivity contribution is 6.84. The molecule has 0 aliphatic heterocycles. The second-order valence-corrected chi connectivity index (χ2v) is 10.9. The second-order valence-electron chi connectivity index (χ2n) is 3.49. The Morgan fingerprint density at radius 1 is 1.45 bits per heavy atom. The van der Waals surface area contributed by atoms with Crippen LogP contribution in [0.4, 0.5) is 0 Å². The van der Waals surface area contributed by atoms with E-state index in [-0.39, 0.29) is 5.00 Å². The van der Waals surface area contributed by atoms with E-state index >= 15 is 0 Å². The van der Waals surface area contributed by atoms with Gasteiger partial charge in [0.2, 0.25) is 0 Å². The zero-order chi connectivity index (χ0) is 9.07. The third kappa shape index (κ3) is 4.30. The van der Waals surface area contributed by atoms with Crippen molar-refractivity contribution in [2.45, 2.75) is 44.5 Å². The molecule has 0 aromatic rings. The Kier molecular flexibility index (Phi) is 4.94. The van der Waals surface area contributed by atoms with Crippen LogP contribution in [0.15, 0.2) is 0 Å². The minimum absolute atomic E-state index is 0.266. The van der Waals surface area contributed by atoms with Crippen LogP contribution in [0.5, 0.6) is 0 Å². The van der Waals surface area contributed by atoms with Gasteiger partial charge in [0, 0.05) is 0 Å². The quantitative estimate of drug-likeness (QED) is 0.511. The van der Waals surface area contributed by atoms with E-state index in [0.29, 0.717) is 0 Å². The van der Waals surface area contributed by atoms with Gasteiger partial charge in [-0.3, -0.25) is 0 Å². The third-order valence-electron chi connectivity index (χ3n) is 1.58. The van der Waals surface area contributed by atoms with Gasteiger partial charge in [-0.1, -0.05) is 6.92 Å². The Morgan fingerprint density at radius 2 is 1.91 bits per heavy atom. The van der Waals surface area contributed by atoms with Crippen LogP contribution in [0.25, 0.3) is 0 Å². The van der Waals surface area contributed by atoms with Crippen LogP contribution in [0, 0.1) is 0 Å². The van der Waals surface area contributed by atoms with Crippen LogP contribution in [-0.4, -0.2) is 22.4 Å². The molecule has 4 heteroatoms. The van der Waals surface area contributed by atoms with Crippen molar-refractivity contribution < 1.29 is 4.12 Å². The number of alkyl halides is 1. The zero-order valence-electron chi connectivity index (χ0n) is 8.07. The Morgan fingerprint density at radius 3 is 2.18 bits per heavy atom. The molecule has 0 aliphatic rings. The summed E-state index contributed by atoms with van der Waals surface area (Å²) >= 11 is 6.15. The molecule has 11 heavy (non-hydrogen) atoms. The normalized spacial score (nSPS) is 15.5. The van der Waals surface area contributed by atoms with Gasteiger partial charge in [0.05, 0.1) is 5.00 Å². The number of hydrogen-bond acceptors (Lipinski definition) is 1. The van der Waals surface area contributed by atoms with Gasteiger partial charge in [-0.2, -0.15) is 0 Å². The lowest BCUT2D eigenvalue weighted by Gasteiger charge is -2.29. The summed E-state index contributed by atoms with van der Waals surface area (Å²) in [7, 11) is -2.13. The smallest absolute Gasteiger partial charge is 0.191 e. The van der Waals surface area contributed by atoms with Gasteiger partial charge in [0.15, 0.2) is 17.4 Å². The van der Waals surface area contributed by atoms with Crippen molar-refractivity contribution >= 4 is 29.0 Å². The summed E-state index contributed by atoms with van der Waals surface area (Å²) in [6, 6.07) is 0. The fourth-order valence-corrected chi connectivity index (χ4v) is 7.19. The molecule has 0 N–H and O–H groups in total. The van der Waals surface area contributed by atoms with E-state index in [1.807, 2.05) is 0 Å². The molecule has 0 heterocycles. The Labute approximate surface area is 78.0 Å².